The molecule has 0 saturated heterocycles. The van der Waals surface area contributed by atoms with E-state index in [-0.39, 0.29) is 0 Å². The highest BCUT2D eigenvalue weighted by atomic mass is 16.3. The molecule has 0 amide bonds. The van der Waals surface area contributed by atoms with Gasteiger partial charge in [0.05, 0.1) is 0 Å². The van der Waals surface area contributed by atoms with Crippen molar-refractivity contribution in [1.29, 1.82) is 0 Å². The Morgan fingerprint density at radius 3 is 1.03 bits per heavy atom. The molecule has 0 aliphatic carbocycles. The quantitative estimate of drug-likeness (QED) is 0.113. The number of hydrogen-bond acceptors (Lipinski definition) is 2. The van der Waals surface area contributed by atoms with Crippen LogP contribution in [0.5, 0.6) is 0 Å². The predicted octanol–water partition coefficient (Wildman–Crippen LogP) is 9.69. The predicted molar refractivity (Wildman–Crippen MR) is 145 cm³/mol. The molecule has 192 valence electrons. The summed E-state index contributed by atoms with van der Waals surface area (Å²) >= 11 is 0. The molecule has 2 N–H and O–H groups in total. The van der Waals surface area contributed by atoms with Crippen molar-refractivity contribution < 1.29 is 10.2 Å². The molecule has 0 atom stereocenters. The monoisotopic (exact) mass is 452 g/mol. The van der Waals surface area contributed by atoms with Crippen molar-refractivity contribution >= 4 is 0 Å². The summed E-state index contributed by atoms with van der Waals surface area (Å²) in [5.41, 5.74) is 0. The normalized spacial score (nSPS) is 11.4. The molecule has 0 aromatic heterocycles. The van der Waals surface area contributed by atoms with E-state index in [4.69, 9.17) is 10.2 Å². The summed E-state index contributed by atoms with van der Waals surface area (Å²) in [6.07, 6.45) is 37.6. The number of hydrogen-bond donors (Lipinski definition) is 2. The number of aliphatic hydroxyl groups is 2. The van der Waals surface area contributed by atoms with Crippen LogP contribution in [0.4, 0.5) is 0 Å². The van der Waals surface area contributed by atoms with Crippen molar-refractivity contribution in [3.63, 3.8) is 0 Å². The lowest BCUT2D eigenvalue weighted by Gasteiger charge is -2.00. The third-order valence-electron chi connectivity index (χ3n) is 5.85. The van der Waals surface area contributed by atoms with Crippen LogP contribution in [0, 0.1) is 0 Å². The van der Waals surface area contributed by atoms with Gasteiger partial charge in [0.2, 0.25) is 0 Å². The van der Waals surface area contributed by atoms with Gasteiger partial charge < -0.3 is 10.2 Å². The van der Waals surface area contributed by atoms with Crippen LogP contribution in [0.3, 0.4) is 0 Å². The molecule has 0 bridgehead atoms. The second-order valence-corrected chi connectivity index (χ2v) is 9.17. The maximum absolute atomic E-state index is 8.64. The molecule has 2 heteroatoms. The van der Waals surface area contributed by atoms with Crippen LogP contribution >= 0.6 is 0 Å². The Bertz CT molecular complexity index is 349. The molecule has 32 heavy (non-hydrogen) atoms. The average molecular weight is 453 g/mol. The van der Waals surface area contributed by atoms with Gasteiger partial charge in [0.1, 0.15) is 0 Å². The Hall–Kier alpha value is -0.600. The van der Waals surface area contributed by atoms with Crippen molar-refractivity contribution in [1.82, 2.24) is 0 Å². The van der Waals surface area contributed by atoms with E-state index in [0.717, 1.165) is 12.8 Å². The molecule has 0 aromatic carbocycles. The number of rotatable bonds is 24. The topological polar surface area (TPSA) is 40.5 Å². The number of aliphatic hydroxyl groups excluding tert-OH is 2. The minimum Gasteiger partial charge on any atom is -0.396 e. The van der Waals surface area contributed by atoms with Gasteiger partial charge in [0.15, 0.2) is 0 Å². The molecule has 0 heterocycles. The first-order valence-electron chi connectivity index (χ1n) is 14.3. The van der Waals surface area contributed by atoms with Crippen molar-refractivity contribution in [3.05, 3.63) is 24.3 Å². The summed E-state index contributed by atoms with van der Waals surface area (Å²) in [5, 5.41) is 17.2. The van der Waals surface area contributed by atoms with Gasteiger partial charge in [-0.05, 0) is 51.4 Å². The third kappa shape index (κ3) is 36.8. The Morgan fingerprint density at radius 1 is 0.375 bits per heavy atom. The summed E-state index contributed by atoms with van der Waals surface area (Å²) in [7, 11) is 0. The lowest BCUT2D eigenvalue weighted by Crippen LogP contribution is -1.84. The molecule has 0 unspecified atom stereocenters. The highest BCUT2D eigenvalue weighted by Gasteiger charge is 1.92. The second kappa shape index (κ2) is 35.0. The summed E-state index contributed by atoms with van der Waals surface area (Å²) in [6.45, 7) is 5.16. The van der Waals surface area contributed by atoms with Crippen molar-refractivity contribution in [2.24, 2.45) is 0 Å². The highest BCUT2D eigenvalue weighted by Crippen LogP contribution is 2.11. The van der Waals surface area contributed by atoms with Gasteiger partial charge in [0, 0.05) is 13.2 Å². The molecule has 0 radical (unpaired) electrons. The standard InChI is InChI=1S/C16H32O.C14H28O/c1-2-3-4-5-6-7-8-9-10-11-12-13-14-15-16-17;1-2-3-4-5-6-7-8-9-10-11-12-13-14-15/h5-6,17H,2-4,7-16H2,1H3;3-4,15H,2,5-14H2,1H3. The first-order valence-corrected chi connectivity index (χ1v) is 14.3. The minimum atomic E-state index is 0.365. The lowest BCUT2D eigenvalue weighted by atomic mass is 10.1. The summed E-state index contributed by atoms with van der Waals surface area (Å²) in [4.78, 5) is 0. The minimum absolute atomic E-state index is 0.365. The van der Waals surface area contributed by atoms with Gasteiger partial charge in [-0.25, -0.2) is 0 Å². The van der Waals surface area contributed by atoms with Crippen LogP contribution in [0.25, 0.3) is 0 Å². The van der Waals surface area contributed by atoms with Crippen LogP contribution in [-0.2, 0) is 0 Å². The van der Waals surface area contributed by atoms with Gasteiger partial charge in [-0.2, -0.15) is 0 Å². The molecule has 2 nitrogen and oxygen atoms in total. The largest absolute Gasteiger partial charge is 0.396 e. The molecule has 0 aliphatic rings. The first-order chi connectivity index (χ1) is 15.8. The van der Waals surface area contributed by atoms with Crippen LogP contribution in [-0.4, -0.2) is 23.4 Å². The molecule has 0 saturated carbocycles. The number of allylic oxidation sites excluding steroid dienone is 4. The molecule has 0 fully saturated rings. The molecule has 0 aromatic rings. The van der Waals surface area contributed by atoms with E-state index in [0.29, 0.717) is 13.2 Å². The van der Waals surface area contributed by atoms with Crippen molar-refractivity contribution in [3.8, 4) is 0 Å². The Morgan fingerprint density at radius 2 is 0.688 bits per heavy atom. The molecular formula is C30H60O2. The Kier molecular flexibility index (Phi) is 36.7. The number of unbranched alkanes of at least 4 members (excludes halogenated alkanes) is 18. The van der Waals surface area contributed by atoms with Crippen LogP contribution in [0.15, 0.2) is 24.3 Å². The fraction of sp³-hybridized carbons (Fsp3) is 0.867. The van der Waals surface area contributed by atoms with Gasteiger partial charge >= 0.3 is 0 Å². The zero-order chi connectivity index (χ0) is 23.8. The average Bonchev–Trinajstić information content (AvgIpc) is 2.81. The maximum Gasteiger partial charge on any atom is 0.0431 e. The van der Waals surface area contributed by atoms with Crippen LogP contribution in [0.1, 0.15) is 155 Å². The van der Waals surface area contributed by atoms with Crippen molar-refractivity contribution in [2.75, 3.05) is 13.2 Å². The van der Waals surface area contributed by atoms with E-state index in [2.05, 4.69) is 38.2 Å². The smallest absolute Gasteiger partial charge is 0.0431 e. The summed E-state index contributed by atoms with van der Waals surface area (Å²) in [5.74, 6) is 0. The lowest BCUT2D eigenvalue weighted by molar-refractivity contribution is 0.282. The Balaban J connectivity index is 0. The first kappa shape index (κ1) is 33.6. The Labute approximate surface area is 203 Å². The SMILES string of the molecule is CCC=CCCCCCCCCCCO.CCCCC=CCCCCCCCCCCO. The van der Waals surface area contributed by atoms with E-state index in [1.807, 2.05) is 0 Å². The molecule has 0 rings (SSSR count). The van der Waals surface area contributed by atoms with E-state index in [1.165, 1.54) is 128 Å². The fourth-order valence-corrected chi connectivity index (χ4v) is 3.71. The molecule has 0 aliphatic heterocycles. The van der Waals surface area contributed by atoms with Gasteiger partial charge in [0.25, 0.3) is 0 Å². The van der Waals surface area contributed by atoms with E-state index >= 15 is 0 Å². The zero-order valence-corrected chi connectivity index (χ0v) is 22.2. The molecular weight excluding hydrogens is 392 g/mol. The van der Waals surface area contributed by atoms with Gasteiger partial charge in [-0.1, -0.05) is 128 Å². The second-order valence-electron chi connectivity index (χ2n) is 9.17. The van der Waals surface area contributed by atoms with E-state index < -0.39 is 0 Å². The van der Waals surface area contributed by atoms with E-state index in [9.17, 15) is 0 Å². The fourth-order valence-electron chi connectivity index (χ4n) is 3.71. The molecule has 0 spiro atoms. The third-order valence-corrected chi connectivity index (χ3v) is 5.85. The zero-order valence-electron chi connectivity index (χ0n) is 22.2. The van der Waals surface area contributed by atoms with Crippen LogP contribution < -0.4 is 0 Å². The summed E-state index contributed by atoms with van der Waals surface area (Å²) in [6, 6.07) is 0. The van der Waals surface area contributed by atoms with Crippen molar-refractivity contribution in [2.45, 2.75) is 155 Å². The van der Waals surface area contributed by atoms with E-state index in [1.54, 1.807) is 0 Å². The van der Waals surface area contributed by atoms with Gasteiger partial charge in [-0.15, -0.1) is 0 Å². The summed E-state index contributed by atoms with van der Waals surface area (Å²) < 4.78 is 0. The maximum atomic E-state index is 8.64. The van der Waals surface area contributed by atoms with Crippen LogP contribution in [0.2, 0.25) is 0 Å². The van der Waals surface area contributed by atoms with Gasteiger partial charge in [-0.3, -0.25) is 0 Å². The highest BCUT2D eigenvalue weighted by molar-refractivity contribution is 4.81.